The minimum absolute atomic E-state index is 0.0233. The summed E-state index contributed by atoms with van der Waals surface area (Å²) in [5.74, 6) is 0.346. The molecule has 0 aliphatic carbocycles. The van der Waals surface area contributed by atoms with Gasteiger partial charge in [-0.15, -0.1) is 0 Å². The fourth-order valence-electron chi connectivity index (χ4n) is 3.83. The second-order valence-electron chi connectivity index (χ2n) is 7.35. The van der Waals surface area contributed by atoms with Crippen LogP contribution in [0.3, 0.4) is 0 Å². The van der Waals surface area contributed by atoms with Crippen LogP contribution in [0.2, 0.25) is 0 Å². The van der Waals surface area contributed by atoms with Crippen molar-refractivity contribution in [3.63, 3.8) is 0 Å². The lowest BCUT2D eigenvalue weighted by molar-refractivity contribution is -0.137. The average Bonchev–Trinajstić information content (AvgIpc) is 2.94. The van der Waals surface area contributed by atoms with Crippen LogP contribution in [-0.4, -0.2) is 89.4 Å². The van der Waals surface area contributed by atoms with Gasteiger partial charge in [0.25, 0.3) is 12.4 Å². The monoisotopic (exact) mass is 390 g/mol. The molecule has 0 saturated carbocycles. The zero-order valence-electron chi connectivity index (χ0n) is 16.7. The maximum absolute atomic E-state index is 12.8. The Labute approximate surface area is 166 Å². The number of pyridine rings is 1. The Morgan fingerprint density at radius 1 is 1.14 bits per heavy atom. The Kier molecular flexibility index (Phi) is 8.38. The third-order valence-corrected chi connectivity index (χ3v) is 5.28. The number of carbonyl (C=O) groups excluding carboxylic acids is 2. The molecule has 0 bridgehead atoms. The number of hydrogen-bond acceptors (Lipinski definition) is 5. The van der Waals surface area contributed by atoms with Gasteiger partial charge in [0.1, 0.15) is 5.69 Å². The number of amides is 2. The Morgan fingerprint density at radius 2 is 1.82 bits per heavy atom. The van der Waals surface area contributed by atoms with Crippen molar-refractivity contribution in [2.45, 2.75) is 26.2 Å². The van der Waals surface area contributed by atoms with Crippen LogP contribution in [0, 0.1) is 12.8 Å². The highest BCUT2D eigenvalue weighted by Crippen LogP contribution is 2.19. The molecule has 0 aromatic carbocycles. The van der Waals surface area contributed by atoms with Crippen LogP contribution < -0.4 is 0 Å². The van der Waals surface area contributed by atoms with E-state index in [2.05, 4.69) is 16.9 Å². The van der Waals surface area contributed by atoms with E-state index in [0.717, 1.165) is 44.5 Å². The summed E-state index contributed by atoms with van der Waals surface area (Å²) in [6.07, 6.45) is 4.55. The molecular formula is C20H30N4O4. The molecule has 28 heavy (non-hydrogen) atoms. The van der Waals surface area contributed by atoms with Gasteiger partial charge in [0.05, 0.1) is 5.92 Å². The van der Waals surface area contributed by atoms with Crippen LogP contribution in [0.5, 0.6) is 0 Å². The van der Waals surface area contributed by atoms with Crippen molar-refractivity contribution in [1.29, 1.82) is 0 Å². The SMILES string of the molecule is Cc1cccnc1C(=O)N1CCCN(C(=O)C2CCCN(C)C2)CC1.O=CO. The highest BCUT2D eigenvalue weighted by molar-refractivity contribution is 5.93. The Bertz CT molecular complexity index is 682. The van der Waals surface area contributed by atoms with Crippen LogP contribution in [0.15, 0.2) is 18.3 Å². The first-order valence-corrected chi connectivity index (χ1v) is 9.74. The molecule has 3 heterocycles. The van der Waals surface area contributed by atoms with Crippen LogP contribution >= 0.6 is 0 Å². The summed E-state index contributed by atoms with van der Waals surface area (Å²) in [5, 5.41) is 6.89. The van der Waals surface area contributed by atoms with E-state index in [4.69, 9.17) is 9.90 Å². The van der Waals surface area contributed by atoms with E-state index in [-0.39, 0.29) is 24.2 Å². The number of carbonyl (C=O) groups is 3. The maximum atomic E-state index is 12.8. The van der Waals surface area contributed by atoms with Crippen molar-refractivity contribution in [2.75, 3.05) is 46.3 Å². The summed E-state index contributed by atoms with van der Waals surface area (Å²) >= 11 is 0. The molecule has 3 rings (SSSR count). The first-order valence-electron chi connectivity index (χ1n) is 9.74. The van der Waals surface area contributed by atoms with E-state index in [1.165, 1.54) is 0 Å². The Balaban J connectivity index is 0.000000878. The standard InChI is InChI=1S/C19H28N4O2.CH2O2/c1-15-6-3-8-20-17(15)19(25)23-11-5-10-22(12-13-23)18(24)16-7-4-9-21(2)14-16;2-1-3/h3,6,8,16H,4-5,7,9-14H2,1-2H3;1H,(H,2,3). The summed E-state index contributed by atoms with van der Waals surface area (Å²) in [6.45, 7) is 6.22. The van der Waals surface area contributed by atoms with Gasteiger partial charge in [0.15, 0.2) is 0 Å². The predicted molar refractivity (Wildman–Crippen MR) is 105 cm³/mol. The van der Waals surface area contributed by atoms with Gasteiger partial charge in [-0.3, -0.25) is 19.4 Å². The highest BCUT2D eigenvalue weighted by atomic mass is 16.3. The number of piperidine rings is 1. The molecule has 1 unspecified atom stereocenters. The highest BCUT2D eigenvalue weighted by Gasteiger charge is 2.30. The number of carboxylic acid groups (broad SMARTS) is 1. The number of nitrogens with zero attached hydrogens (tertiary/aromatic N) is 4. The normalized spacial score (nSPS) is 20.6. The molecule has 8 nitrogen and oxygen atoms in total. The molecule has 2 aliphatic heterocycles. The van der Waals surface area contributed by atoms with Crippen LogP contribution in [-0.2, 0) is 9.59 Å². The summed E-state index contributed by atoms with van der Waals surface area (Å²) in [4.78, 5) is 44.2. The molecule has 0 radical (unpaired) electrons. The molecule has 1 atom stereocenters. The molecule has 2 fully saturated rings. The van der Waals surface area contributed by atoms with Gasteiger partial charge in [-0.1, -0.05) is 6.07 Å². The summed E-state index contributed by atoms with van der Waals surface area (Å²) in [5.41, 5.74) is 1.42. The van der Waals surface area contributed by atoms with Gasteiger partial charge in [0.2, 0.25) is 5.91 Å². The second-order valence-corrected chi connectivity index (χ2v) is 7.35. The van der Waals surface area contributed by atoms with Gasteiger partial charge in [0, 0.05) is 38.9 Å². The minimum atomic E-state index is -0.250. The molecule has 1 aromatic rings. The Hall–Kier alpha value is -2.48. The van der Waals surface area contributed by atoms with Crippen LogP contribution in [0.25, 0.3) is 0 Å². The fourth-order valence-corrected chi connectivity index (χ4v) is 3.83. The van der Waals surface area contributed by atoms with Gasteiger partial charge in [-0.25, -0.2) is 0 Å². The van der Waals surface area contributed by atoms with E-state index >= 15 is 0 Å². The van der Waals surface area contributed by atoms with E-state index < -0.39 is 0 Å². The largest absolute Gasteiger partial charge is 0.483 e. The number of aryl methyl sites for hydroxylation is 1. The molecule has 8 heteroatoms. The molecule has 2 saturated heterocycles. The van der Waals surface area contributed by atoms with E-state index in [1.807, 2.05) is 28.9 Å². The summed E-state index contributed by atoms with van der Waals surface area (Å²) in [6, 6.07) is 3.75. The second kappa shape index (κ2) is 10.8. The summed E-state index contributed by atoms with van der Waals surface area (Å²) < 4.78 is 0. The lowest BCUT2D eigenvalue weighted by Crippen LogP contribution is -2.45. The van der Waals surface area contributed by atoms with Gasteiger partial charge in [-0.05, 0) is 51.4 Å². The fraction of sp³-hybridized carbons (Fsp3) is 0.600. The predicted octanol–water partition coefficient (Wildman–Crippen LogP) is 1.11. The smallest absolute Gasteiger partial charge is 0.290 e. The van der Waals surface area contributed by atoms with Gasteiger partial charge >= 0.3 is 0 Å². The summed E-state index contributed by atoms with van der Waals surface area (Å²) in [7, 11) is 2.08. The number of likely N-dealkylation sites (tertiary alicyclic amines) is 1. The molecule has 0 spiro atoms. The number of rotatable bonds is 2. The molecular weight excluding hydrogens is 360 g/mol. The first kappa shape index (κ1) is 21.8. The molecule has 2 amide bonds. The lowest BCUT2D eigenvalue weighted by Gasteiger charge is -2.32. The quantitative estimate of drug-likeness (QED) is 0.760. The number of hydrogen-bond donors (Lipinski definition) is 1. The third-order valence-electron chi connectivity index (χ3n) is 5.28. The van der Waals surface area contributed by atoms with Crippen molar-refractivity contribution < 1.29 is 19.5 Å². The maximum Gasteiger partial charge on any atom is 0.290 e. The molecule has 1 N–H and O–H groups in total. The first-order chi connectivity index (χ1) is 13.5. The van der Waals surface area contributed by atoms with Crippen molar-refractivity contribution in [3.8, 4) is 0 Å². The van der Waals surface area contributed by atoms with E-state index in [1.54, 1.807) is 6.20 Å². The molecule has 1 aromatic heterocycles. The van der Waals surface area contributed by atoms with Crippen molar-refractivity contribution >= 4 is 18.3 Å². The molecule has 2 aliphatic rings. The lowest BCUT2D eigenvalue weighted by atomic mass is 9.97. The van der Waals surface area contributed by atoms with E-state index in [0.29, 0.717) is 25.3 Å². The molecule has 154 valence electrons. The number of aromatic nitrogens is 1. The van der Waals surface area contributed by atoms with Crippen molar-refractivity contribution in [2.24, 2.45) is 5.92 Å². The Morgan fingerprint density at radius 3 is 2.50 bits per heavy atom. The topological polar surface area (TPSA) is 94.1 Å². The minimum Gasteiger partial charge on any atom is -0.483 e. The zero-order chi connectivity index (χ0) is 20.5. The van der Waals surface area contributed by atoms with E-state index in [9.17, 15) is 9.59 Å². The van der Waals surface area contributed by atoms with Crippen LogP contribution in [0.4, 0.5) is 0 Å². The van der Waals surface area contributed by atoms with Crippen molar-refractivity contribution in [3.05, 3.63) is 29.6 Å². The zero-order valence-corrected chi connectivity index (χ0v) is 16.7. The van der Waals surface area contributed by atoms with Crippen LogP contribution in [0.1, 0.15) is 35.3 Å². The van der Waals surface area contributed by atoms with Gasteiger partial charge < -0.3 is 19.8 Å². The third kappa shape index (κ3) is 5.76. The average molecular weight is 390 g/mol. The van der Waals surface area contributed by atoms with Crippen molar-refractivity contribution in [1.82, 2.24) is 19.7 Å². The van der Waals surface area contributed by atoms with Gasteiger partial charge in [-0.2, -0.15) is 0 Å².